The van der Waals surface area contributed by atoms with Gasteiger partial charge in [-0.3, -0.25) is 4.79 Å². The Labute approximate surface area is 168 Å². The second-order valence-corrected chi connectivity index (χ2v) is 6.21. The van der Waals surface area contributed by atoms with Crippen molar-refractivity contribution in [2.24, 2.45) is 0 Å². The van der Waals surface area contributed by atoms with Crippen molar-refractivity contribution in [2.75, 3.05) is 27.4 Å². The lowest BCUT2D eigenvalue weighted by atomic mass is 10.1. The molecule has 29 heavy (non-hydrogen) atoms. The van der Waals surface area contributed by atoms with E-state index in [4.69, 9.17) is 23.7 Å². The molecule has 0 bridgehead atoms. The molecule has 152 valence electrons. The molecule has 0 amide bonds. The first-order valence-electron chi connectivity index (χ1n) is 9.06. The number of ketones is 1. The maximum atomic E-state index is 12.8. The molecule has 3 rings (SSSR count). The number of allylic oxidation sites excluding steroid dienone is 1. The molecule has 1 aliphatic heterocycles. The Balaban J connectivity index is 1.88. The van der Waals surface area contributed by atoms with E-state index in [9.17, 15) is 9.59 Å². The van der Waals surface area contributed by atoms with Crippen LogP contribution in [0.4, 0.5) is 0 Å². The minimum Gasteiger partial charge on any atom is -0.497 e. The molecule has 0 aliphatic carbocycles. The number of fused-ring (bicyclic) bond motifs is 1. The SMILES string of the molecule is CCOC(=O)COc1ccc2c(c1C)O/C(=C\c1cc(OC)ccc1OC)C2=O. The van der Waals surface area contributed by atoms with E-state index < -0.39 is 5.97 Å². The molecule has 7 nitrogen and oxygen atoms in total. The molecule has 0 radical (unpaired) electrons. The predicted octanol–water partition coefficient (Wildman–Crippen LogP) is 3.57. The number of rotatable bonds is 7. The van der Waals surface area contributed by atoms with Crippen molar-refractivity contribution in [1.82, 2.24) is 0 Å². The Bertz CT molecular complexity index is 975. The standard InChI is InChI=1S/C22H22O7/c1-5-27-20(23)12-28-17-9-7-16-21(24)19(29-22(16)13(17)2)11-14-10-15(25-3)6-8-18(14)26-4/h6-11H,5,12H2,1-4H3/b19-11-. The lowest BCUT2D eigenvalue weighted by Crippen LogP contribution is -2.15. The van der Waals surface area contributed by atoms with E-state index in [1.54, 1.807) is 64.5 Å². The fourth-order valence-corrected chi connectivity index (χ4v) is 2.96. The number of ether oxygens (including phenoxy) is 5. The van der Waals surface area contributed by atoms with E-state index in [0.717, 1.165) is 0 Å². The maximum Gasteiger partial charge on any atom is 0.344 e. The van der Waals surface area contributed by atoms with Crippen LogP contribution in [0.15, 0.2) is 36.1 Å². The van der Waals surface area contributed by atoms with Crippen LogP contribution in [0.25, 0.3) is 6.08 Å². The van der Waals surface area contributed by atoms with Crippen molar-refractivity contribution in [1.29, 1.82) is 0 Å². The average molecular weight is 398 g/mol. The van der Waals surface area contributed by atoms with Crippen molar-refractivity contribution >= 4 is 17.8 Å². The molecule has 0 saturated heterocycles. The summed E-state index contributed by atoms with van der Waals surface area (Å²) in [5.74, 6) is 1.53. The Morgan fingerprint density at radius 2 is 1.86 bits per heavy atom. The van der Waals surface area contributed by atoms with E-state index in [1.807, 2.05) is 0 Å². The summed E-state index contributed by atoms with van der Waals surface area (Å²) in [6.07, 6.45) is 1.61. The summed E-state index contributed by atoms with van der Waals surface area (Å²) >= 11 is 0. The zero-order chi connectivity index (χ0) is 21.0. The summed E-state index contributed by atoms with van der Waals surface area (Å²) in [7, 11) is 3.11. The van der Waals surface area contributed by atoms with Gasteiger partial charge in [-0.1, -0.05) is 0 Å². The largest absolute Gasteiger partial charge is 0.497 e. The molecular formula is C22H22O7. The Morgan fingerprint density at radius 1 is 1.10 bits per heavy atom. The van der Waals surface area contributed by atoms with E-state index in [1.165, 1.54) is 0 Å². The summed E-state index contributed by atoms with van der Waals surface area (Å²) in [5.41, 5.74) is 1.71. The molecule has 0 aromatic heterocycles. The first-order valence-corrected chi connectivity index (χ1v) is 9.06. The normalized spacial score (nSPS) is 13.7. The number of hydrogen-bond donors (Lipinski definition) is 0. The Kier molecular flexibility index (Phi) is 6.07. The van der Waals surface area contributed by atoms with Crippen LogP contribution in [0.2, 0.25) is 0 Å². The van der Waals surface area contributed by atoms with Gasteiger partial charge >= 0.3 is 5.97 Å². The number of carbonyl (C=O) groups excluding carboxylic acids is 2. The number of esters is 1. The van der Waals surface area contributed by atoms with Gasteiger partial charge in [0.05, 0.1) is 26.4 Å². The lowest BCUT2D eigenvalue weighted by Gasteiger charge is -2.11. The zero-order valence-electron chi connectivity index (χ0n) is 16.7. The van der Waals surface area contributed by atoms with Crippen molar-refractivity contribution in [3.63, 3.8) is 0 Å². The first-order chi connectivity index (χ1) is 14.0. The van der Waals surface area contributed by atoms with Gasteiger partial charge in [0.1, 0.15) is 23.0 Å². The number of benzene rings is 2. The summed E-state index contributed by atoms with van der Waals surface area (Å²) in [6.45, 7) is 3.56. The molecular weight excluding hydrogens is 376 g/mol. The van der Waals surface area contributed by atoms with E-state index in [-0.39, 0.29) is 24.8 Å². The van der Waals surface area contributed by atoms with Gasteiger partial charge < -0.3 is 23.7 Å². The van der Waals surface area contributed by atoms with E-state index in [2.05, 4.69) is 0 Å². The first kappa shape index (κ1) is 20.3. The number of Topliss-reactive ketones (excluding diaryl/α,β-unsaturated/α-hetero) is 1. The van der Waals surface area contributed by atoms with Crippen LogP contribution in [0.1, 0.15) is 28.4 Å². The second-order valence-electron chi connectivity index (χ2n) is 6.21. The van der Waals surface area contributed by atoms with Gasteiger partial charge in [0.25, 0.3) is 0 Å². The van der Waals surface area contributed by atoms with Gasteiger partial charge in [0, 0.05) is 11.1 Å². The van der Waals surface area contributed by atoms with Crippen molar-refractivity contribution < 1.29 is 33.3 Å². The molecule has 7 heteroatoms. The minimum absolute atomic E-state index is 0.164. The molecule has 0 spiro atoms. The van der Waals surface area contributed by atoms with Crippen LogP contribution in [0.5, 0.6) is 23.0 Å². The molecule has 0 fully saturated rings. The van der Waals surface area contributed by atoms with Crippen molar-refractivity contribution in [3.05, 3.63) is 52.8 Å². The van der Waals surface area contributed by atoms with Gasteiger partial charge in [-0.15, -0.1) is 0 Å². The molecule has 0 N–H and O–H groups in total. The topological polar surface area (TPSA) is 80.3 Å². The number of carbonyl (C=O) groups is 2. The molecule has 0 unspecified atom stereocenters. The van der Waals surface area contributed by atoms with Crippen LogP contribution in [-0.2, 0) is 9.53 Å². The average Bonchev–Trinajstić information content (AvgIpc) is 3.04. The summed E-state index contributed by atoms with van der Waals surface area (Å²) in [6, 6.07) is 8.54. The van der Waals surface area contributed by atoms with E-state index >= 15 is 0 Å². The van der Waals surface area contributed by atoms with Crippen molar-refractivity contribution in [3.8, 4) is 23.0 Å². The smallest absolute Gasteiger partial charge is 0.344 e. The second kappa shape index (κ2) is 8.68. The highest BCUT2D eigenvalue weighted by Gasteiger charge is 2.30. The Hall–Kier alpha value is -3.48. The highest BCUT2D eigenvalue weighted by atomic mass is 16.6. The fraction of sp³-hybridized carbons (Fsp3) is 0.273. The van der Waals surface area contributed by atoms with Gasteiger partial charge in [-0.05, 0) is 50.3 Å². The van der Waals surface area contributed by atoms with E-state index in [0.29, 0.717) is 39.7 Å². The fourth-order valence-electron chi connectivity index (χ4n) is 2.96. The van der Waals surface area contributed by atoms with Crippen molar-refractivity contribution in [2.45, 2.75) is 13.8 Å². The van der Waals surface area contributed by atoms with Gasteiger partial charge in [0.2, 0.25) is 5.78 Å². The number of methoxy groups -OCH3 is 2. The zero-order valence-corrected chi connectivity index (χ0v) is 16.7. The van der Waals surface area contributed by atoms with Crippen LogP contribution in [0.3, 0.4) is 0 Å². The third-order valence-electron chi connectivity index (χ3n) is 4.41. The molecule has 2 aromatic carbocycles. The highest BCUT2D eigenvalue weighted by Crippen LogP contribution is 2.40. The third kappa shape index (κ3) is 4.18. The lowest BCUT2D eigenvalue weighted by molar-refractivity contribution is -0.145. The minimum atomic E-state index is -0.463. The molecule has 0 atom stereocenters. The summed E-state index contributed by atoms with van der Waals surface area (Å²) in [5, 5.41) is 0. The molecule has 2 aromatic rings. The van der Waals surface area contributed by atoms with Crippen LogP contribution < -0.4 is 18.9 Å². The molecule has 0 saturated carbocycles. The molecule has 1 aliphatic rings. The summed E-state index contributed by atoms with van der Waals surface area (Å²) in [4.78, 5) is 24.3. The highest BCUT2D eigenvalue weighted by molar-refractivity contribution is 6.15. The van der Waals surface area contributed by atoms with Crippen LogP contribution in [0, 0.1) is 6.92 Å². The molecule has 1 heterocycles. The van der Waals surface area contributed by atoms with Gasteiger partial charge in [-0.2, -0.15) is 0 Å². The Morgan fingerprint density at radius 3 is 2.55 bits per heavy atom. The number of hydrogen-bond acceptors (Lipinski definition) is 7. The maximum absolute atomic E-state index is 12.8. The van der Waals surface area contributed by atoms with Gasteiger partial charge in [0.15, 0.2) is 12.4 Å². The summed E-state index contributed by atoms with van der Waals surface area (Å²) < 4.78 is 26.8. The predicted molar refractivity (Wildman–Crippen MR) is 106 cm³/mol. The van der Waals surface area contributed by atoms with Gasteiger partial charge in [-0.25, -0.2) is 4.79 Å². The van der Waals surface area contributed by atoms with Crippen LogP contribution >= 0.6 is 0 Å². The quantitative estimate of drug-likeness (QED) is 0.521. The third-order valence-corrected chi connectivity index (χ3v) is 4.41. The van der Waals surface area contributed by atoms with Crippen LogP contribution in [-0.4, -0.2) is 39.2 Å². The monoisotopic (exact) mass is 398 g/mol.